The van der Waals surface area contributed by atoms with E-state index in [0.717, 1.165) is 0 Å². The molecule has 0 atom stereocenters. The summed E-state index contributed by atoms with van der Waals surface area (Å²) in [6.07, 6.45) is 0. The van der Waals surface area contributed by atoms with Crippen LogP contribution in [0.2, 0.25) is 0 Å². The quantitative estimate of drug-likeness (QED) is 0.534. The maximum atomic E-state index is 10.7. The van der Waals surface area contributed by atoms with Crippen LogP contribution >= 0.6 is 0 Å². The number of rotatable bonds is 0. The highest BCUT2D eigenvalue weighted by molar-refractivity contribution is 7.92. The third-order valence-corrected chi connectivity index (χ3v) is 3.96. The van der Waals surface area contributed by atoms with Crippen molar-refractivity contribution < 1.29 is 8.42 Å². The van der Waals surface area contributed by atoms with Gasteiger partial charge in [-0.25, -0.2) is 8.42 Å². The van der Waals surface area contributed by atoms with Crippen LogP contribution in [-0.2, 0) is 9.84 Å². The van der Waals surface area contributed by atoms with E-state index in [9.17, 15) is 8.42 Å². The van der Waals surface area contributed by atoms with Crippen LogP contribution in [0.15, 0.2) is 0 Å². The zero-order valence-electron chi connectivity index (χ0n) is 6.72. The van der Waals surface area contributed by atoms with Crippen molar-refractivity contribution in [2.24, 2.45) is 11.3 Å². The van der Waals surface area contributed by atoms with Crippen LogP contribution in [0.5, 0.6) is 0 Å². The van der Waals surface area contributed by atoms with Crippen LogP contribution in [-0.4, -0.2) is 19.9 Å². The zero-order valence-corrected chi connectivity index (χ0v) is 7.53. The highest BCUT2D eigenvalue weighted by Gasteiger charge is 2.40. The van der Waals surface area contributed by atoms with Crippen molar-refractivity contribution in [2.45, 2.75) is 20.8 Å². The SMILES string of the molecule is CC(C)(C)C1CS(=O)(=O)C1. The average molecular weight is 162 g/mol. The van der Waals surface area contributed by atoms with Crippen molar-refractivity contribution in [2.75, 3.05) is 11.5 Å². The average Bonchev–Trinajstić information content (AvgIpc) is 1.56. The zero-order chi connectivity index (χ0) is 7.99. The summed E-state index contributed by atoms with van der Waals surface area (Å²) < 4.78 is 21.5. The summed E-state index contributed by atoms with van der Waals surface area (Å²) in [6.45, 7) is 6.27. The van der Waals surface area contributed by atoms with E-state index in [2.05, 4.69) is 20.8 Å². The van der Waals surface area contributed by atoms with Crippen molar-refractivity contribution in [1.82, 2.24) is 0 Å². The topological polar surface area (TPSA) is 34.1 Å². The van der Waals surface area contributed by atoms with Crippen LogP contribution in [0.4, 0.5) is 0 Å². The third kappa shape index (κ3) is 1.51. The maximum Gasteiger partial charge on any atom is 0.150 e. The molecule has 1 aliphatic heterocycles. The molecule has 1 fully saturated rings. The molecule has 0 saturated carbocycles. The normalized spacial score (nSPS) is 25.9. The van der Waals surface area contributed by atoms with E-state index in [1.165, 1.54) is 0 Å². The van der Waals surface area contributed by atoms with Gasteiger partial charge in [0, 0.05) is 0 Å². The Hall–Kier alpha value is -0.0500. The summed E-state index contributed by atoms with van der Waals surface area (Å²) in [5.41, 5.74) is 0.172. The van der Waals surface area contributed by atoms with Gasteiger partial charge >= 0.3 is 0 Å². The monoisotopic (exact) mass is 162 g/mol. The van der Waals surface area contributed by atoms with E-state index in [1.54, 1.807) is 0 Å². The molecular formula is C7H14O2S. The second kappa shape index (κ2) is 1.97. The first kappa shape index (κ1) is 8.05. The Bertz CT molecular complexity index is 208. The molecule has 0 aromatic rings. The first-order valence-electron chi connectivity index (χ1n) is 3.52. The molecule has 0 bridgehead atoms. The molecule has 10 heavy (non-hydrogen) atoms. The van der Waals surface area contributed by atoms with E-state index < -0.39 is 9.84 Å². The van der Waals surface area contributed by atoms with Gasteiger partial charge in [0.1, 0.15) is 0 Å². The lowest BCUT2D eigenvalue weighted by Crippen LogP contribution is -2.43. The molecule has 2 nitrogen and oxygen atoms in total. The minimum absolute atomic E-state index is 0.172. The second-order valence-electron chi connectivity index (χ2n) is 4.14. The van der Waals surface area contributed by atoms with Crippen molar-refractivity contribution >= 4 is 9.84 Å². The predicted octanol–water partition coefficient (Wildman–Crippen LogP) is 1.08. The fraction of sp³-hybridized carbons (Fsp3) is 1.00. The van der Waals surface area contributed by atoms with E-state index in [4.69, 9.17) is 0 Å². The standard InChI is InChI=1S/C7H14O2S/c1-7(2,3)6-4-10(8,9)5-6/h6H,4-5H2,1-3H3. The highest BCUT2D eigenvalue weighted by Crippen LogP contribution is 2.34. The molecule has 1 saturated heterocycles. The van der Waals surface area contributed by atoms with Crippen LogP contribution in [0.25, 0.3) is 0 Å². The van der Waals surface area contributed by atoms with Gasteiger partial charge in [-0.3, -0.25) is 0 Å². The second-order valence-corrected chi connectivity index (χ2v) is 6.29. The Labute approximate surface area is 62.5 Å². The van der Waals surface area contributed by atoms with Gasteiger partial charge in [-0.05, 0) is 11.3 Å². The van der Waals surface area contributed by atoms with E-state index in [1.807, 2.05) is 0 Å². The molecule has 0 aromatic heterocycles. The smallest absolute Gasteiger partial charge is 0.150 e. The number of hydrogen-bond acceptors (Lipinski definition) is 2. The lowest BCUT2D eigenvalue weighted by molar-refractivity contribution is 0.268. The summed E-state index contributed by atoms with van der Waals surface area (Å²) in [4.78, 5) is 0. The van der Waals surface area contributed by atoms with Gasteiger partial charge in [0.05, 0.1) is 11.5 Å². The molecule has 0 unspecified atom stereocenters. The first-order chi connectivity index (χ1) is 4.31. The molecular weight excluding hydrogens is 148 g/mol. The Balaban J connectivity index is 2.56. The Kier molecular flexibility index (Phi) is 1.59. The van der Waals surface area contributed by atoms with Crippen molar-refractivity contribution in [1.29, 1.82) is 0 Å². The van der Waals surface area contributed by atoms with Gasteiger partial charge in [-0.1, -0.05) is 20.8 Å². The summed E-state index contributed by atoms with van der Waals surface area (Å²) >= 11 is 0. The fourth-order valence-corrected chi connectivity index (χ4v) is 3.19. The van der Waals surface area contributed by atoms with Crippen LogP contribution < -0.4 is 0 Å². The summed E-state index contributed by atoms with van der Waals surface area (Å²) in [5, 5.41) is 0. The van der Waals surface area contributed by atoms with Crippen LogP contribution in [0.3, 0.4) is 0 Å². The number of sulfone groups is 1. The highest BCUT2D eigenvalue weighted by atomic mass is 32.2. The lowest BCUT2D eigenvalue weighted by Gasteiger charge is -2.36. The molecule has 0 aromatic carbocycles. The van der Waals surface area contributed by atoms with E-state index in [-0.39, 0.29) is 5.41 Å². The van der Waals surface area contributed by atoms with E-state index in [0.29, 0.717) is 17.4 Å². The molecule has 1 heterocycles. The molecule has 0 radical (unpaired) electrons. The molecule has 0 aliphatic carbocycles. The minimum Gasteiger partial charge on any atom is -0.229 e. The molecule has 1 rings (SSSR count). The summed E-state index contributed by atoms with van der Waals surface area (Å²) in [5.74, 6) is 1.19. The molecule has 0 spiro atoms. The van der Waals surface area contributed by atoms with Crippen molar-refractivity contribution in [3.63, 3.8) is 0 Å². The molecule has 0 amide bonds. The van der Waals surface area contributed by atoms with Gasteiger partial charge < -0.3 is 0 Å². The number of hydrogen-bond donors (Lipinski definition) is 0. The lowest BCUT2D eigenvalue weighted by atomic mass is 9.83. The Morgan fingerprint density at radius 2 is 1.60 bits per heavy atom. The van der Waals surface area contributed by atoms with Gasteiger partial charge in [0.25, 0.3) is 0 Å². The molecule has 1 aliphatic rings. The summed E-state index contributed by atoms with van der Waals surface area (Å²) in [6, 6.07) is 0. The molecule has 0 N–H and O–H groups in total. The van der Waals surface area contributed by atoms with Gasteiger partial charge in [0.15, 0.2) is 9.84 Å². The van der Waals surface area contributed by atoms with Crippen LogP contribution in [0.1, 0.15) is 20.8 Å². The predicted molar refractivity (Wildman–Crippen MR) is 41.6 cm³/mol. The first-order valence-corrected chi connectivity index (χ1v) is 5.34. The van der Waals surface area contributed by atoms with Gasteiger partial charge in [-0.15, -0.1) is 0 Å². The molecule has 60 valence electrons. The van der Waals surface area contributed by atoms with Gasteiger partial charge in [-0.2, -0.15) is 0 Å². The van der Waals surface area contributed by atoms with Crippen molar-refractivity contribution in [3.05, 3.63) is 0 Å². The van der Waals surface area contributed by atoms with Crippen LogP contribution in [0, 0.1) is 11.3 Å². The largest absolute Gasteiger partial charge is 0.229 e. The maximum absolute atomic E-state index is 10.7. The minimum atomic E-state index is -2.61. The summed E-state index contributed by atoms with van der Waals surface area (Å²) in [7, 11) is -2.61. The van der Waals surface area contributed by atoms with E-state index >= 15 is 0 Å². The Morgan fingerprint density at radius 3 is 1.70 bits per heavy atom. The van der Waals surface area contributed by atoms with Crippen molar-refractivity contribution in [3.8, 4) is 0 Å². The molecule has 3 heteroatoms. The third-order valence-electron chi connectivity index (χ3n) is 2.13. The fourth-order valence-electron chi connectivity index (χ4n) is 1.06. The van der Waals surface area contributed by atoms with Gasteiger partial charge in [0.2, 0.25) is 0 Å². The Morgan fingerprint density at radius 1 is 1.20 bits per heavy atom.